The number of rotatable bonds is 8. The summed E-state index contributed by atoms with van der Waals surface area (Å²) < 4.78 is 32.3. The Kier molecular flexibility index (Phi) is 6.77. The molecule has 1 aliphatic rings. The summed E-state index contributed by atoms with van der Waals surface area (Å²) in [6.45, 7) is 5.10. The molecule has 0 N–H and O–H groups in total. The lowest BCUT2D eigenvalue weighted by Crippen LogP contribution is -2.12. The van der Waals surface area contributed by atoms with Crippen LogP contribution in [0.2, 0.25) is 0 Å². The second kappa shape index (κ2) is 7.56. The minimum Gasteiger partial charge on any atom is -0.381 e. The molecule has 2 unspecified atom stereocenters. The lowest BCUT2D eigenvalue weighted by Gasteiger charge is -2.12. The predicted octanol–water partition coefficient (Wildman–Crippen LogP) is 2.02. The fraction of sp³-hybridized carbons (Fsp3) is 1.00. The van der Waals surface area contributed by atoms with Gasteiger partial charge in [-0.05, 0) is 25.2 Å². The number of hydrogen-bond donors (Lipinski definition) is 0. The number of halogens is 1. The summed E-state index contributed by atoms with van der Waals surface area (Å²) in [4.78, 5) is 0. The van der Waals surface area contributed by atoms with E-state index in [9.17, 15) is 8.42 Å². The maximum absolute atomic E-state index is 10.8. The minimum absolute atomic E-state index is 0.0478. The molecule has 1 heterocycles. The van der Waals surface area contributed by atoms with Crippen LogP contribution in [0, 0.1) is 11.8 Å². The molecule has 0 amide bonds. The van der Waals surface area contributed by atoms with Gasteiger partial charge in [-0.3, -0.25) is 0 Å². The average Bonchev–Trinajstić information content (AvgIpc) is 2.73. The van der Waals surface area contributed by atoms with Gasteiger partial charge in [0, 0.05) is 29.8 Å². The van der Waals surface area contributed by atoms with Crippen LogP contribution in [-0.4, -0.2) is 40.6 Å². The molecule has 102 valence electrons. The molecule has 6 heteroatoms. The predicted molar refractivity (Wildman–Crippen MR) is 67.8 cm³/mol. The molecular weight excluding hydrogens is 264 g/mol. The van der Waals surface area contributed by atoms with E-state index in [0.717, 1.165) is 32.7 Å². The molecule has 1 fully saturated rings. The highest BCUT2D eigenvalue weighted by atomic mass is 35.7. The minimum atomic E-state index is -3.35. The molecule has 0 aliphatic carbocycles. The summed E-state index contributed by atoms with van der Waals surface area (Å²) in [5, 5.41) is 0. The Hall–Kier alpha value is 0.160. The van der Waals surface area contributed by atoms with Crippen molar-refractivity contribution in [2.24, 2.45) is 11.8 Å². The average molecular weight is 285 g/mol. The van der Waals surface area contributed by atoms with Crippen LogP contribution in [0.1, 0.15) is 26.2 Å². The van der Waals surface area contributed by atoms with E-state index in [1.165, 1.54) is 0 Å². The van der Waals surface area contributed by atoms with Crippen LogP contribution in [0.3, 0.4) is 0 Å². The molecule has 4 nitrogen and oxygen atoms in total. The van der Waals surface area contributed by atoms with Crippen LogP contribution in [0.25, 0.3) is 0 Å². The lowest BCUT2D eigenvalue weighted by atomic mass is 10.1. The summed E-state index contributed by atoms with van der Waals surface area (Å²) in [5.74, 6) is 0.906. The summed E-state index contributed by atoms with van der Waals surface area (Å²) in [5.41, 5.74) is 0. The van der Waals surface area contributed by atoms with Crippen LogP contribution < -0.4 is 0 Å². The van der Waals surface area contributed by atoms with Gasteiger partial charge in [0.05, 0.1) is 19.0 Å². The van der Waals surface area contributed by atoms with Crippen LogP contribution >= 0.6 is 10.7 Å². The van der Waals surface area contributed by atoms with E-state index in [1.807, 2.05) is 6.92 Å². The van der Waals surface area contributed by atoms with E-state index < -0.39 is 9.05 Å². The molecule has 0 spiro atoms. The van der Waals surface area contributed by atoms with Gasteiger partial charge in [0.25, 0.3) is 0 Å². The van der Waals surface area contributed by atoms with Crippen molar-refractivity contribution >= 4 is 19.7 Å². The van der Waals surface area contributed by atoms with Crippen molar-refractivity contribution < 1.29 is 17.9 Å². The van der Waals surface area contributed by atoms with Crippen molar-refractivity contribution in [3.63, 3.8) is 0 Å². The second-order valence-corrected chi connectivity index (χ2v) is 7.63. The lowest BCUT2D eigenvalue weighted by molar-refractivity contribution is 0.0817. The smallest absolute Gasteiger partial charge is 0.232 e. The zero-order chi connectivity index (χ0) is 12.7. The Morgan fingerprint density at radius 1 is 1.47 bits per heavy atom. The third-order valence-corrected chi connectivity index (χ3v) is 4.17. The fourth-order valence-electron chi connectivity index (χ4n) is 1.74. The van der Waals surface area contributed by atoms with E-state index in [2.05, 4.69) is 0 Å². The van der Waals surface area contributed by atoms with Gasteiger partial charge < -0.3 is 9.47 Å². The normalized spacial score (nSPS) is 22.8. The quantitative estimate of drug-likeness (QED) is 0.505. The Morgan fingerprint density at radius 2 is 2.24 bits per heavy atom. The van der Waals surface area contributed by atoms with Crippen molar-refractivity contribution in [2.75, 3.05) is 32.2 Å². The molecule has 0 bridgehead atoms. The molecule has 0 aromatic heterocycles. The standard InChI is InChI=1S/C11H21ClO4S/c1-10(4-7-17(12,13)14)2-5-15-8-11-3-6-16-9-11/h10-11H,2-9H2,1H3. The molecule has 17 heavy (non-hydrogen) atoms. The van der Waals surface area contributed by atoms with Crippen molar-refractivity contribution in [3.8, 4) is 0 Å². The van der Waals surface area contributed by atoms with E-state index in [1.54, 1.807) is 0 Å². The van der Waals surface area contributed by atoms with Crippen molar-refractivity contribution in [3.05, 3.63) is 0 Å². The van der Waals surface area contributed by atoms with Crippen LogP contribution in [-0.2, 0) is 18.5 Å². The molecule has 0 saturated carbocycles. The summed E-state index contributed by atoms with van der Waals surface area (Å²) in [7, 11) is 1.80. The molecular formula is C11H21ClO4S. The van der Waals surface area contributed by atoms with Gasteiger partial charge in [0.15, 0.2) is 0 Å². The number of hydrogen-bond acceptors (Lipinski definition) is 4. The molecule has 1 saturated heterocycles. The second-order valence-electron chi connectivity index (χ2n) is 4.73. The Balaban J connectivity index is 1.98. The first kappa shape index (κ1) is 15.2. The molecule has 0 aromatic rings. The number of ether oxygens (including phenoxy) is 2. The van der Waals surface area contributed by atoms with Gasteiger partial charge in [-0.1, -0.05) is 6.92 Å². The zero-order valence-electron chi connectivity index (χ0n) is 10.2. The van der Waals surface area contributed by atoms with E-state index >= 15 is 0 Å². The molecule has 0 radical (unpaired) electrons. The summed E-state index contributed by atoms with van der Waals surface area (Å²) >= 11 is 0. The third-order valence-electron chi connectivity index (χ3n) is 2.99. The Labute approximate surface area is 108 Å². The molecule has 1 rings (SSSR count). The van der Waals surface area contributed by atoms with Gasteiger partial charge in [-0.2, -0.15) is 0 Å². The highest BCUT2D eigenvalue weighted by Gasteiger charge is 2.15. The molecule has 2 atom stereocenters. The zero-order valence-corrected chi connectivity index (χ0v) is 11.8. The first-order valence-corrected chi connectivity index (χ1v) is 8.53. The maximum Gasteiger partial charge on any atom is 0.232 e. The fourth-order valence-corrected chi connectivity index (χ4v) is 2.69. The highest BCUT2D eigenvalue weighted by Crippen LogP contribution is 2.14. The van der Waals surface area contributed by atoms with Gasteiger partial charge in [0.1, 0.15) is 0 Å². The summed E-state index contributed by atoms with van der Waals surface area (Å²) in [6, 6.07) is 0. The molecule has 1 aliphatic heterocycles. The Bertz CT molecular complexity index is 299. The van der Waals surface area contributed by atoms with E-state index in [4.69, 9.17) is 20.2 Å². The van der Waals surface area contributed by atoms with Crippen molar-refractivity contribution in [1.29, 1.82) is 0 Å². The molecule has 0 aromatic carbocycles. The first-order chi connectivity index (χ1) is 7.97. The first-order valence-electron chi connectivity index (χ1n) is 6.05. The maximum atomic E-state index is 10.8. The third kappa shape index (κ3) is 7.97. The van der Waals surface area contributed by atoms with Crippen LogP contribution in [0.4, 0.5) is 0 Å². The van der Waals surface area contributed by atoms with Crippen LogP contribution in [0.15, 0.2) is 0 Å². The van der Waals surface area contributed by atoms with Gasteiger partial charge >= 0.3 is 0 Å². The largest absolute Gasteiger partial charge is 0.381 e. The van der Waals surface area contributed by atoms with Crippen LogP contribution in [0.5, 0.6) is 0 Å². The SMILES string of the molecule is CC(CCOCC1CCOC1)CCS(=O)(=O)Cl. The van der Waals surface area contributed by atoms with Crippen molar-refractivity contribution in [2.45, 2.75) is 26.2 Å². The Morgan fingerprint density at radius 3 is 2.82 bits per heavy atom. The van der Waals surface area contributed by atoms with E-state index in [0.29, 0.717) is 24.9 Å². The topological polar surface area (TPSA) is 52.6 Å². The van der Waals surface area contributed by atoms with Gasteiger partial charge in [0.2, 0.25) is 9.05 Å². The van der Waals surface area contributed by atoms with E-state index in [-0.39, 0.29) is 5.75 Å². The van der Waals surface area contributed by atoms with Gasteiger partial charge in [-0.15, -0.1) is 0 Å². The van der Waals surface area contributed by atoms with Gasteiger partial charge in [-0.25, -0.2) is 8.42 Å². The van der Waals surface area contributed by atoms with Crippen molar-refractivity contribution in [1.82, 2.24) is 0 Å². The highest BCUT2D eigenvalue weighted by molar-refractivity contribution is 8.13. The summed E-state index contributed by atoms with van der Waals surface area (Å²) in [6.07, 6.45) is 2.56. The monoisotopic (exact) mass is 284 g/mol.